The van der Waals surface area contributed by atoms with Gasteiger partial charge in [-0.25, -0.2) is 0 Å². The van der Waals surface area contributed by atoms with Gasteiger partial charge in [0, 0.05) is 11.6 Å². The quantitative estimate of drug-likeness (QED) is 0.528. The second kappa shape index (κ2) is 9.36. The Morgan fingerprint density at radius 3 is 2.89 bits per heavy atom. The van der Waals surface area contributed by atoms with Crippen LogP contribution in [-0.4, -0.2) is 36.6 Å². The summed E-state index contributed by atoms with van der Waals surface area (Å²) in [5, 5.41) is 20.5. The Morgan fingerprint density at radius 2 is 2.19 bits per heavy atom. The lowest BCUT2D eigenvalue weighted by atomic mass is 10.3. The second-order valence-corrected chi connectivity index (χ2v) is 7.71. The minimum atomic E-state index is -0.187. The van der Waals surface area contributed by atoms with Crippen LogP contribution in [0.3, 0.4) is 0 Å². The molecule has 0 saturated heterocycles. The summed E-state index contributed by atoms with van der Waals surface area (Å²) in [5.41, 5.74) is 1.55. The molecule has 3 aromatic rings. The number of rotatable bonds is 8. The molecule has 142 valence electrons. The maximum Gasteiger partial charge on any atom is 0.236 e. The van der Waals surface area contributed by atoms with E-state index in [0.717, 1.165) is 0 Å². The summed E-state index contributed by atoms with van der Waals surface area (Å²) in [7, 11) is 0. The lowest BCUT2D eigenvalue weighted by molar-refractivity contribution is -0.113. The molecule has 0 fully saturated rings. The molecule has 0 saturated carbocycles. The van der Waals surface area contributed by atoms with Crippen molar-refractivity contribution in [2.75, 3.05) is 11.1 Å². The average molecular weight is 445 g/mol. The lowest BCUT2D eigenvalue weighted by Crippen LogP contribution is -2.14. The van der Waals surface area contributed by atoms with E-state index in [0.29, 0.717) is 38.5 Å². The molecule has 3 rings (SSSR count). The highest BCUT2D eigenvalue weighted by molar-refractivity contribution is 7.99. The molecule has 0 atom stereocenters. The van der Waals surface area contributed by atoms with E-state index >= 15 is 0 Å². The molecule has 0 spiro atoms. The van der Waals surface area contributed by atoms with Crippen LogP contribution in [0.5, 0.6) is 5.75 Å². The number of nitrogens with one attached hydrogen (secondary N) is 1. The fourth-order valence-corrected chi connectivity index (χ4v) is 3.84. The number of hydrogen-bond acceptors (Lipinski definition) is 8. The van der Waals surface area contributed by atoms with Crippen LogP contribution in [0.2, 0.25) is 10.0 Å². The molecular formula is C15H14Cl2N6O2S2. The molecule has 1 aromatic carbocycles. The van der Waals surface area contributed by atoms with Gasteiger partial charge in [0.15, 0.2) is 11.0 Å². The smallest absolute Gasteiger partial charge is 0.236 e. The summed E-state index contributed by atoms with van der Waals surface area (Å²) in [6, 6.07) is 5.01. The third kappa shape index (κ3) is 5.32. The van der Waals surface area contributed by atoms with Crippen molar-refractivity contribution in [1.29, 1.82) is 0 Å². The standard InChI is InChI=1S/C15H14Cl2N6O2S2/c1-2-23-12(6-25-11-4-3-9(16)5-10(11)17)20-22-15(23)26-7-13(24)19-14-21-18-8-27-14/h3-5,8H,2,6-7H2,1H3,(H,19,21,24). The first-order valence-electron chi connectivity index (χ1n) is 7.75. The van der Waals surface area contributed by atoms with Crippen LogP contribution in [-0.2, 0) is 17.9 Å². The number of hydrogen-bond donors (Lipinski definition) is 1. The number of carbonyl (C=O) groups is 1. The predicted octanol–water partition coefficient (Wildman–Crippen LogP) is 3.77. The van der Waals surface area contributed by atoms with Gasteiger partial charge in [0.1, 0.15) is 17.9 Å². The first-order chi connectivity index (χ1) is 13.1. The number of carbonyl (C=O) groups excluding carboxylic acids is 1. The summed E-state index contributed by atoms with van der Waals surface area (Å²) in [6.07, 6.45) is 0. The normalized spacial score (nSPS) is 10.8. The van der Waals surface area contributed by atoms with Gasteiger partial charge in [0.25, 0.3) is 0 Å². The van der Waals surface area contributed by atoms with Crippen molar-refractivity contribution in [3.8, 4) is 5.75 Å². The number of ether oxygens (including phenoxy) is 1. The molecule has 0 unspecified atom stereocenters. The molecule has 0 aliphatic rings. The number of nitrogens with zero attached hydrogens (tertiary/aromatic N) is 5. The van der Waals surface area contributed by atoms with Gasteiger partial charge in [-0.05, 0) is 25.1 Å². The minimum absolute atomic E-state index is 0.182. The van der Waals surface area contributed by atoms with Crippen LogP contribution in [0.4, 0.5) is 5.13 Å². The second-order valence-electron chi connectivity index (χ2n) is 5.09. The zero-order chi connectivity index (χ0) is 19.2. The zero-order valence-electron chi connectivity index (χ0n) is 14.1. The van der Waals surface area contributed by atoms with Crippen LogP contribution in [0, 0.1) is 0 Å². The highest BCUT2D eigenvalue weighted by Gasteiger charge is 2.15. The third-order valence-electron chi connectivity index (χ3n) is 3.30. The Morgan fingerprint density at radius 1 is 1.33 bits per heavy atom. The van der Waals surface area contributed by atoms with E-state index < -0.39 is 0 Å². The van der Waals surface area contributed by atoms with Crippen molar-refractivity contribution in [3.63, 3.8) is 0 Å². The van der Waals surface area contributed by atoms with Gasteiger partial charge < -0.3 is 9.30 Å². The van der Waals surface area contributed by atoms with Gasteiger partial charge in [-0.15, -0.1) is 20.4 Å². The van der Waals surface area contributed by atoms with E-state index in [4.69, 9.17) is 27.9 Å². The van der Waals surface area contributed by atoms with Crippen molar-refractivity contribution < 1.29 is 9.53 Å². The number of benzene rings is 1. The van der Waals surface area contributed by atoms with Gasteiger partial charge in [-0.1, -0.05) is 46.3 Å². The minimum Gasteiger partial charge on any atom is -0.484 e. The van der Waals surface area contributed by atoms with E-state index in [1.807, 2.05) is 11.5 Å². The van der Waals surface area contributed by atoms with Crippen LogP contribution in [0.25, 0.3) is 0 Å². The van der Waals surface area contributed by atoms with Crippen molar-refractivity contribution in [3.05, 3.63) is 39.6 Å². The Hall–Kier alpha value is -1.88. The SMILES string of the molecule is CCn1c(COc2ccc(Cl)cc2Cl)nnc1SCC(=O)Nc1nncs1. The summed E-state index contributed by atoms with van der Waals surface area (Å²) in [4.78, 5) is 12.0. The first kappa shape index (κ1) is 19.9. The third-order valence-corrected chi connectivity index (χ3v) is 5.40. The Labute approximate surface area is 173 Å². The maximum atomic E-state index is 12.0. The Balaban J connectivity index is 1.59. The zero-order valence-corrected chi connectivity index (χ0v) is 17.2. The number of aromatic nitrogens is 5. The Kier molecular flexibility index (Phi) is 6.89. The van der Waals surface area contributed by atoms with Crippen molar-refractivity contribution in [2.24, 2.45) is 0 Å². The van der Waals surface area contributed by atoms with Crippen LogP contribution < -0.4 is 10.1 Å². The molecule has 0 bridgehead atoms. The highest BCUT2D eigenvalue weighted by atomic mass is 35.5. The summed E-state index contributed by atoms with van der Waals surface area (Å²) >= 11 is 14.5. The molecule has 0 aliphatic heterocycles. The number of thioether (sulfide) groups is 1. The molecular weight excluding hydrogens is 431 g/mol. The molecule has 8 nitrogen and oxygen atoms in total. The van der Waals surface area contributed by atoms with Crippen molar-refractivity contribution in [1.82, 2.24) is 25.0 Å². The number of amides is 1. The molecule has 27 heavy (non-hydrogen) atoms. The average Bonchev–Trinajstić information content (AvgIpc) is 3.28. The van der Waals surface area contributed by atoms with Gasteiger partial charge >= 0.3 is 0 Å². The monoisotopic (exact) mass is 444 g/mol. The molecule has 0 aliphatic carbocycles. The number of anilines is 1. The molecule has 2 heterocycles. The molecule has 12 heteroatoms. The maximum absolute atomic E-state index is 12.0. The van der Waals surface area contributed by atoms with Gasteiger partial charge in [0.05, 0.1) is 10.8 Å². The fourth-order valence-electron chi connectivity index (χ4n) is 2.10. The summed E-state index contributed by atoms with van der Waals surface area (Å²) in [5.74, 6) is 1.14. The van der Waals surface area contributed by atoms with Gasteiger partial charge in [-0.2, -0.15) is 0 Å². The molecule has 2 aromatic heterocycles. The highest BCUT2D eigenvalue weighted by Crippen LogP contribution is 2.28. The first-order valence-corrected chi connectivity index (χ1v) is 10.4. The van der Waals surface area contributed by atoms with Gasteiger partial charge in [-0.3, -0.25) is 10.1 Å². The van der Waals surface area contributed by atoms with Crippen LogP contribution >= 0.6 is 46.3 Å². The van der Waals surface area contributed by atoms with E-state index in [-0.39, 0.29) is 18.3 Å². The fraction of sp³-hybridized carbons (Fsp3) is 0.267. The van der Waals surface area contributed by atoms with Crippen LogP contribution in [0.1, 0.15) is 12.7 Å². The lowest BCUT2D eigenvalue weighted by Gasteiger charge is -2.10. The van der Waals surface area contributed by atoms with Gasteiger partial charge in [0.2, 0.25) is 11.0 Å². The van der Waals surface area contributed by atoms with E-state index in [1.54, 1.807) is 23.7 Å². The number of halogens is 2. The van der Waals surface area contributed by atoms with Crippen molar-refractivity contribution >= 4 is 57.3 Å². The molecule has 1 amide bonds. The molecule has 0 radical (unpaired) electrons. The summed E-state index contributed by atoms with van der Waals surface area (Å²) in [6.45, 7) is 2.80. The van der Waals surface area contributed by atoms with Crippen molar-refractivity contribution in [2.45, 2.75) is 25.2 Å². The topological polar surface area (TPSA) is 94.8 Å². The predicted molar refractivity (Wildman–Crippen MR) is 106 cm³/mol. The van der Waals surface area contributed by atoms with E-state index in [9.17, 15) is 4.79 Å². The van der Waals surface area contributed by atoms with Crippen LogP contribution in [0.15, 0.2) is 28.9 Å². The summed E-state index contributed by atoms with van der Waals surface area (Å²) < 4.78 is 7.59. The van der Waals surface area contributed by atoms with E-state index in [1.165, 1.54) is 23.1 Å². The molecule has 1 N–H and O–H groups in total. The Bertz CT molecular complexity index is 919. The van der Waals surface area contributed by atoms with E-state index in [2.05, 4.69) is 25.7 Å². The largest absolute Gasteiger partial charge is 0.484 e.